The number of rotatable bonds is 4. The maximum Gasteiger partial charge on any atom is 0.246 e. The topological polar surface area (TPSA) is 70.6 Å². The van der Waals surface area contributed by atoms with Crippen LogP contribution in [0.4, 0.5) is 8.78 Å². The molecule has 1 aromatic carbocycles. The molecule has 0 spiro atoms. The van der Waals surface area contributed by atoms with Crippen LogP contribution in [-0.2, 0) is 14.8 Å². The van der Waals surface area contributed by atoms with Crippen molar-refractivity contribution < 1.29 is 22.0 Å². The molecule has 0 aliphatic carbocycles. The first-order valence-corrected chi connectivity index (χ1v) is 9.65. The summed E-state index contributed by atoms with van der Waals surface area (Å²) < 4.78 is 53.0. The molecule has 3 rings (SSSR count). The lowest BCUT2D eigenvalue weighted by Gasteiger charge is -2.33. The molecule has 27 heavy (non-hydrogen) atoms. The maximum atomic E-state index is 13.8. The summed E-state index contributed by atoms with van der Waals surface area (Å²) in [6.45, 7) is 0.408. The van der Waals surface area contributed by atoms with E-state index in [0.717, 1.165) is 16.4 Å². The van der Waals surface area contributed by atoms with Crippen LogP contribution >= 0.6 is 0 Å². The molecule has 1 aromatic heterocycles. The standard InChI is InChI=1S/C18H17F2N3O3S/c19-14-4-6-17(16(20)13-14)27(25,26)23-11-9-22(10-12-23)18(24)7-5-15-3-1-2-8-21-15/h1-8,13H,9-12H2. The summed E-state index contributed by atoms with van der Waals surface area (Å²) in [6.07, 6.45) is 4.58. The Morgan fingerprint density at radius 3 is 2.44 bits per heavy atom. The van der Waals surface area contributed by atoms with Crippen molar-refractivity contribution in [2.45, 2.75) is 4.90 Å². The molecular formula is C18H17F2N3O3S. The summed E-state index contributed by atoms with van der Waals surface area (Å²) >= 11 is 0. The van der Waals surface area contributed by atoms with Gasteiger partial charge in [0.05, 0.1) is 5.69 Å². The molecule has 1 saturated heterocycles. The Kier molecular flexibility index (Phi) is 5.62. The van der Waals surface area contributed by atoms with Crippen LogP contribution < -0.4 is 0 Å². The number of aromatic nitrogens is 1. The third-order valence-corrected chi connectivity index (χ3v) is 6.08. The molecule has 0 bridgehead atoms. The number of benzene rings is 1. The van der Waals surface area contributed by atoms with Crippen molar-refractivity contribution >= 4 is 22.0 Å². The summed E-state index contributed by atoms with van der Waals surface area (Å²) in [6, 6.07) is 7.67. The molecule has 0 saturated carbocycles. The van der Waals surface area contributed by atoms with Crippen molar-refractivity contribution in [2.75, 3.05) is 26.2 Å². The van der Waals surface area contributed by atoms with Gasteiger partial charge in [-0.1, -0.05) is 6.07 Å². The van der Waals surface area contributed by atoms with Crippen LogP contribution in [0.3, 0.4) is 0 Å². The van der Waals surface area contributed by atoms with Gasteiger partial charge < -0.3 is 4.90 Å². The quantitative estimate of drug-likeness (QED) is 0.744. The van der Waals surface area contributed by atoms with E-state index in [1.54, 1.807) is 30.5 Å². The zero-order valence-corrected chi connectivity index (χ0v) is 15.1. The predicted molar refractivity (Wildman–Crippen MR) is 95.0 cm³/mol. The molecule has 6 nitrogen and oxygen atoms in total. The van der Waals surface area contributed by atoms with Gasteiger partial charge in [0, 0.05) is 44.5 Å². The van der Waals surface area contributed by atoms with E-state index in [4.69, 9.17) is 0 Å². The molecule has 2 heterocycles. The summed E-state index contributed by atoms with van der Waals surface area (Å²) in [5.74, 6) is -2.24. The monoisotopic (exact) mass is 393 g/mol. The van der Waals surface area contributed by atoms with Crippen molar-refractivity contribution in [3.63, 3.8) is 0 Å². The van der Waals surface area contributed by atoms with Crippen molar-refractivity contribution in [2.24, 2.45) is 0 Å². The second-order valence-corrected chi connectivity index (χ2v) is 7.80. The second kappa shape index (κ2) is 7.93. The Morgan fingerprint density at radius 2 is 1.81 bits per heavy atom. The summed E-state index contributed by atoms with van der Waals surface area (Å²) in [7, 11) is -4.09. The molecule has 9 heteroatoms. The number of amides is 1. The Balaban J connectivity index is 1.64. The van der Waals surface area contributed by atoms with Gasteiger partial charge in [-0.3, -0.25) is 9.78 Å². The number of sulfonamides is 1. The largest absolute Gasteiger partial charge is 0.337 e. The van der Waals surface area contributed by atoms with Crippen LogP contribution in [0.5, 0.6) is 0 Å². The molecule has 1 amide bonds. The van der Waals surface area contributed by atoms with E-state index in [1.165, 1.54) is 11.0 Å². The molecule has 1 aliphatic heterocycles. The zero-order chi connectivity index (χ0) is 19.4. The van der Waals surface area contributed by atoms with E-state index in [-0.39, 0.29) is 32.1 Å². The third kappa shape index (κ3) is 4.37. The van der Waals surface area contributed by atoms with Gasteiger partial charge in [0.15, 0.2) is 0 Å². The van der Waals surface area contributed by atoms with E-state index < -0.39 is 26.6 Å². The summed E-state index contributed by atoms with van der Waals surface area (Å²) in [5, 5.41) is 0. The minimum Gasteiger partial charge on any atom is -0.337 e. The van der Waals surface area contributed by atoms with Crippen molar-refractivity contribution in [1.29, 1.82) is 0 Å². The predicted octanol–water partition coefficient (Wildman–Crippen LogP) is 1.91. The van der Waals surface area contributed by atoms with Crippen LogP contribution in [0, 0.1) is 11.6 Å². The van der Waals surface area contributed by atoms with Gasteiger partial charge >= 0.3 is 0 Å². The summed E-state index contributed by atoms with van der Waals surface area (Å²) in [4.78, 5) is 17.2. The van der Waals surface area contributed by atoms with Gasteiger partial charge in [0.25, 0.3) is 0 Å². The van der Waals surface area contributed by atoms with Crippen LogP contribution in [0.25, 0.3) is 6.08 Å². The van der Waals surface area contributed by atoms with E-state index in [9.17, 15) is 22.0 Å². The average Bonchev–Trinajstić information content (AvgIpc) is 2.66. The first kappa shape index (κ1) is 19.1. The zero-order valence-electron chi connectivity index (χ0n) is 14.3. The molecule has 1 fully saturated rings. The first-order chi connectivity index (χ1) is 12.9. The van der Waals surface area contributed by atoms with Gasteiger partial charge in [-0.25, -0.2) is 17.2 Å². The van der Waals surface area contributed by atoms with Crippen LogP contribution in [-0.4, -0.2) is 54.7 Å². The molecule has 0 N–H and O–H groups in total. The first-order valence-electron chi connectivity index (χ1n) is 8.21. The van der Waals surface area contributed by atoms with Gasteiger partial charge in [0.1, 0.15) is 16.5 Å². The van der Waals surface area contributed by atoms with E-state index in [0.29, 0.717) is 11.8 Å². The van der Waals surface area contributed by atoms with Crippen LogP contribution in [0.2, 0.25) is 0 Å². The average molecular weight is 393 g/mol. The lowest BCUT2D eigenvalue weighted by Crippen LogP contribution is -2.50. The molecule has 142 valence electrons. The number of carbonyl (C=O) groups is 1. The van der Waals surface area contributed by atoms with Crippen molar-refractivity contribution in [1.82, 2.24) is 14.2 Å². The Bertz CT molecular complexity index is 957. The fraction of sp³-hybridized carbons (Fsp3) is 0.222. The number of carbonyl (C=O) groups excluding carboxylic acids is 1. The highest BCUT2D eigenvalue weighted by Crippen LogP contribution is 2.21. The van der Waals surface area contributed by atoms with E-state index in [1.807, 2.05) is 0 Å². The minimum absolute atomic E-state index is 0.0301. The fourth-order valence-corrected chi connectivity index (χ4v) is 4.18. The van der Waals surface area contributed by atoms with Crippen LogP contribution in [0.15, 0.2) is 53.6 Å². The fourth-order valence-electron chi connectivity index (χ4n) is 2.71. The number of pyridine rings is 1. The number of nitrogens with zero attached hydrogens (tertiary/aromatic N) is 3. The Labute approximate surface area is 155 Å². The normalized spacial score (nSPS) is 16.0. The van der Waals surface area contributed by atoms with Gasteiger partial charge in [0.2, 0.25) is 15.9 Å². The smallest absolute Gasteiger partial charge is 0.246 e. The number of piperazine rings is 1. The van der Waals surface area contributed by atoms with E-state index in [2.05, 4.69) is 4.98 Å². The number of halogens is 2. The highest BCUT2D eigenvalue weighted by Gasteiger charge is 2.31. The molecule has 0 unspecified atom stereocenters. The molecule has 1 aliphatic rings. The molecule has 2 aromatic rings. The van der Waals surface area contributed by atoms with E-state index >= 15 is 0 Å². The Morgan fingerprint density at radius 1 is 1.07 bits per heavy atom. The lowest BCUT2D eigenvalue weighted by atomic mass is 10.3. The second-order valence-electron chi connectivity index (χ2n) is 5.89. The number of hydrogen-bond donors (Lipinski definition) is 0. The number of hydrogen-bond acceptors (Lipinski definition) is 4. The highest BCUT2D eigenvalue weighted by atomic mass is 32.2. The van der Waals surface area contributed by atoms with Gasteiger partial charge in [-0.2, -0.15) is 4.31 Å². The Hall–Kier alpha value is -2.65. The lowest BCUT2D eigenvalue weighted by molar-refractivity contribution is -0.127. The van der Waals surface area contributed by atoms with Crippen molar-refractivity contribution in [3.05, 3.63) is 66.0 Å². The third-order valence-electron chi connectivity index (χ3n) is 4.15. The summed E-state index contributed by atoms with van der Waals surface area (Å²) in [5.41, 5.74) is 0.638. The van der Waals surface area contributed by atoms with Gasteiger partial charge in [-0.05, 0) is 30.3 Å². The molecule has 0 radical (unpaired) electrons. The SMILES string of the molecule is O=C(C=Cc1ccccn1)N1CCN(S(=O)(=O)c2ccc(F)cc2F)CC1. The molecular weight excluding hydrogens is 376 g/mol. The van der Waals surface area contributed by atoms with Crippen LogP contribution in [0.1, 0.15) is 5.69 Å². The maximum absolute atomic E-state index is 13.8. The molecule has 0 atom stereocenters. The minimum atomic E-state index is -4.09. The van der Waals surface area contributed by atoms with Gasteiger partial charge in [-0.15, -0.1) is 0 Å². The highest BCUT2D eigenvalue weighted by molar-refractivity contribution is 7.89. The van der Waals surface area contributed by atoms with Crippen molar-refractivity contribution in [3.8, 4) is 0 Å².